The number of aliphatic imine (C=N–C) groups is 1. The first-order valence-corrected chi connectivity index (χ1v) is 6.18. The highest BCUT2D eigenvalue weighted by Gasteiger charge is 2.03. The minimum atomic E-state index is -0.748. The van der Waals surface area contributed by atoms with E-state index >= 15 is 0 Å². The van der Waals surface area contributed by atoms with E-state index in [1.165, 1.54) is 0 Å². The maximum atomic E-state index is 10.1. The van der Waals surface area contributed by atoms with E-state index in [0.29, 0.717) is 19.5 Å². The molecule has 9 heteroatoms. The maximum absolute atomic E-state index is 10.1. The van der Waals surface area contributed by atoms with E-state index in [1.807, 2.05) is 12.1 Å². The second-order valence-corrected chi connectivity index (χ2v) is 4.16. The van der Waals surface area contributed by atoms with Gasteiger partial charge >= 0.3 is 0 Å². The molecule has 110 valence electrons. The zero-order valence-corrected chi connectivity index (χ0v) is 11.0. The van der Waals surface area contributed by atoms with Crippen molar-refractivity contribution in [1.29, 1.82) is 0 Å². The summed E-state index contributed by atoms with van der Waals surface area (Å²) in [6.45, 7) is 1.02. The van der Waals surface area contributed by atoms with Gasteiger partial charge in [-0.3, -0.25) is 4.98 Å². The van der Waals surface area contributed by atoms with Crippen molar-refractivity contribution in [3.8, 4) is 0 Å². The van der Waals surface area contributed by atoms with Crippen LogP contribution in [0.25, 0.3) is 0 Å². The lowest BCUT2D eigenvalue weighted by atomic mass is 10.1. The van der Waals surface area contributed by atoms with Gasteiger partial charge in [-0.15, -0.1) is 0 Å². The summed E-state index contributed by atoms with van der Waals surface area (Å²) in [5.41, 5.74) is 13.9. The zero-order chi connectivity index (χ0) is 14.8. The highest BCUT2D eigenvalue weighted by Crippen LogP contribution is 2.03. The molecule has 0 fully saturated rings. The summed E-state index contributed by atoms with van der Waals surface area (Å²) in [5, 5.41) is 12.5. The predicted octanol–water partition coefficient (Wildman–Crippen LogP) is -0.303. The SMILES string of the molecule is NC(=NCCC[C@H](N)CNc1cccnc1)N[N+](=O)[O-]. The Morgan fingerprint density at radius 3 is 3.05 bits per heavy atom. The molecule has 0 unspecified atom stereocenters. The van der Waals surface area contributed by atoms with Crippen LogP contribution in [0.1, 0.15) is 12.8 Å². The number of guanidine groups is 1. The molecule has 1 heterocycles. The summed E-state index contributed by atoms with van der Waals surface area (Å²) in [6.07, 6.45) is 4.87. The van der Waals surface area contributed by atoms with Crippen LogP contribution in [0.15, 0.2) is 29.5 Å². The van der Waals surface area contributed by atoms with Crippen molar-refractivity contribution in [1.82, 2.24) is 10.4 Å². The molecule has 0 saturated carbocycles. The Balaban J connectivity index is 2.14. The standard InChI is InChI=1S/C11H19N7O2/c12-9(7-16-10-4-2-5-14-8-10)3-1-6-15-11(13)17-18(19)20/h2,4-5,8-9,16H,1,3,6-7,12H2,(H3,13,15,17)/t9-/m0/s1. The van der Waals surface area contributed by atoms with Crippen LogP contribution in [0, 0.1) is 10.1 Å². The van der Waals surface area contributed by atoms with Crippen LogP contribution in [0.2, 0.25) is 0 Å². The molecule has 0 radical (unpaired) electrons. The number of nitro groups is 1. The smallest absolute Gasteiger partial charge is 0.251 e. The number of nitrogens with two attached hydrogens (primary N) is 2. The average molecular weight is 281 g/mol. The molecule has 6 N–H and O–H groups in total. The predicted molar refractivity (Wildman–Crippen MR) is 76.6 cm³/mol. The van der Waals surface area contributed by atoms with E-state index in [9.17, 15) is 10.1 Å². The zero-order valence-electron chi connectivity index (χ0n) is 11.0. The fourth-order valence-electron chi connectivity index (χ4n) is 1.50. The summed E-state index contributed by atoms with van der Waals surface area (Å²) < 4.78 is 0. The largest absolute Gasteiger partial charge is 0.382 e. The lowest BCUT2D eigenvalue weighted by molar-refractivity contribution is -0.525. The van der Waals surface area contributed by atoms with Crippen molar-refractivity contribution in [3.05, 3.63) is 34.6 Å². The molecule has 0 saturated heterocycles. The number of aromatic nitrogens is 1. The van der Waals surface area contributed by atoms with Crippen LogP contribution in [-0.4, -0.2) is 35.1 Å². The molecule has 20 heavy (non-hydrogen) atoms. The summed E-state index contributed by atoms with van der Waals surface area (Å²) in [4.78, 5) is 17.9. The Morgan fingerprint density at radius 1 is 1.60 bits per heavy atom. The molecular formula is C11H19N7O2. The molecule has 1 rings (SSSR count). The Hall–Kier alpha value is -2.42. The highest BCUT2D eigenvalue weighted by atomic mass is 16.7. The topological polar surface area (TPSA) is 144 Å². The second kappa shape index (κ2) is 8.64. The van der Waals surface area contributed by atoms with E-state index in [1.54, 1.807) is 17.8 Å². The van der Waals surface area contributed by atoms with Crippen LogP contribution in [0.3, 0.4) is 0 Å². The van der Waals surface area contributed by atoms with Gasteiger partial charge < -0.3 is 16.8 Å². The maximum Gasteiger partial charge on any atom is 0.251 e. The fraction of sp³-hybridized carbons (Fsp3) is 0.455. The van der Waals surface area contributed by atoms with Crippen molar-refractivity contribution in [3.63, 3.8) is 0 Å². The van der Waals surface area contributed by atoms with Gasteiger partial charge in [-0.2, -0.15) is 0 Å². The van der Waals surface area contributed by atoms with E-state index in [4.69, 9.17) is 11.5 Å². The number of hydrogen-bond donors (Lipinski definition) is 4. The molecule has 0 amide bonds. The Bertz CT molecular complexity index is 438. The van der Waals surface area contributed by atoms with Crippen LogP contribution in [0.5, 0.6) is 0 Å². The first-order chi connectivity index (χ1) is 9.58. The van der Waals surface area contributed by atoms with E-state index in [-0.39, 0.29) is 12.0 Å². The van der Waals surface area contributed by atoms with Gasteiger partial charge in [-0.1, -0.05) is 5.43 Å². The summed E-state index contributed by atoms with van der Waals surface area (Å²) in [6, 6.07) is 3.72. The fourth-order valence-corrected chi connectivity index (χ4v) is 1.50. The van der Waals surface area contributed by atoms with Gasteiger partial charge in [0.05, 0.1) is 5.69 Å². The minimum Gasteiger partial charge on any atom is -0.382 e. The van der Waals surface area contributed by atoms with Crippen LogP contribution in [0.4, 0.5) is 5.69 Å². The van der Waals surface area contributed by atoms with Gasteiger partial charge in [0, 0.05) is 31.5 Å². The first-order valence-electron chi connectivity index (χ1n) is 6.18. The van der Waals surface area contributed by atoms with E-state index in [0.717, 1.165) is 12.1 Å². The lowest BCUT2D eigenvalue weighted by Crippen LogP contribution is -2.36. The van der Waals surface area contributed by atoms with Crippen LogP contribution < -0.4 is 22.2 Å². The Morgan fingerprint density at radius 2 is 2.40 bits per heavy atom. The molecule has 9 nitrogen and oxygen atoms in total. The number of nitrogens with zero attached hydrogens (tertiary/aromatic N) is 3. The van der Waals surface area contributed by atoms with Gasteiger partial charge in [-0.25, -0.2) is 15.1 Å². The number of nitrogens with one attached hydrogen (secondary N) is 2. The third kappa shape index (κ3) is 7.11. The van der Waals surface area contributed by atoms with E-state index in [2.05, 4.69) is 15.3 Å². The molecule has 0 spiro atoms. The second-order valence-electron chi connectivity index (χ2n) is 4.16. The number of hydrazine groups is 1. The molecule has 0 aromatic carbocycles. The Kier molecular flexibility index (Phi) is 6.76. The first kappa shape index (κ1) is 15.6. The third-order valence-corrected chi connectivity index (χ3v) is 2.45. The number of rotatable bonds is 8. The van der Waals surface area contributed by atoms with Crippen molar-refractivity contribution in [2.24, 2.45) is 16.5 Å². The summed E-state index contributed by atoms with van der Waals surface area (Å²) >= 11 is 0. The van der Waals surface area contributed by atoms with Gasteiger partial charge in [0.2, 0.25) is 0 Å². The number of pyridine rings is 1. The monoisotopic (exact) mass is 281 g/mol. The van der Waals surface area contributed by atoms with E-state index < -0.39 is 5.03 Å². The lowest BCUT2D eigenvalue weighted by Gasteiger charge is -2.12. The molecule has 0 aliphatic rings. The summed E-state index contributed by atoms with van der Waals surface area (Å²) in [7, 11) is 0. The number of hydrogen-bond acceptors (Lipinski definition) is 6. The van der Waals surface area contributed by atoms with Crippen LogP contribution in [-0.2, 0) is 0 Å². The molecular weight excluding hydrogens is 262 g/mol. The highest BCUT2D eigenvalue weighted by molar-refractivity contribution is 5.76. The average Bonchev–Trinajstić information content (AvgIpc) is 2.42. The number of anilines is 1. The molecule has 0 bridgehead atoms. The quantitative estimate of drug-likeness (QED) is 0.168. The molecule has 1 aromatic rings. The summed E-state index contributed by atoms with van der Waals surface area (Å²) in [5.74, 6) is -0.197. The van der Waals surface area contributed by atoms with Gasteiger partial charge in [0.25, 0.3) is 5.96 Å². The third-order valence-electron chi connectivity index (χ3n) is 2.45. The van der Waals surface area contributed by atoms with Crippen molar-refractivity contribution >= 4 is 11.6 Å². The molecule has 1 atom stereocenters. The molecule has 1 aromatic heterocycles. The van der Waals surface area contributed by atoms with Crippen LogP contribution >= 0.6 is 0 Å². The molecule has 0 aliphatic carbocycles. The van der Waals surface area contributed by atoms with Gasteiger partial charge in [-0.05, 0) is 25.0 Å². The minimum absolute atomic E-state index is 0.0323. The van der Waals surface area contributed by atoms with Crippen molar-refractivity contribution < 1.29 is 5.03 Å². The molecule has 0 aliphatic heterocycles. The Labute approximate surface area is 116 Å². The van der Waals surface area contributed by atoms with Crippen molar-refractivity contribution in [2.45, 2.75) is 18.9 Å². The normalized spacial score (nSPS) is 12.8. The van der Waals surface area contributed by atoms with Gasteiger partial charge in [0.1, 0.15) is 0 Å². The van der Waals surface area contributed by atoms with Gasteiger partial charge in [0.15, 0.2) is 5.03 Å². The van der Waals surface area contributed by atoms with Crippen molar-refractivity contribution in [2.75, 3.05) is 18.4 Å².